The van der Waals surface area contributed by atoms with Crippen LogP contribution in [0.25, 0.3) is 11.2 Å². The summed E-state index contributed by atoms with van der Waals surface area (Å²) in [5.41, 5.74) is 0.543. The van der Waals surface area contributed by atoms with E-state index in [2.05, 4.69) is 15.0 Å². The highest BCUT2D eigenvalue weighted by Gasteiger charge is 2.35. The molecule has 0 fully saturated rings. The number of ether oxygens (including phenoxy) is 1. The van der Waals surface area contributed by atoms with Gasteiger partial charge in [-0.2, -0.15) is 0 Å². The Morgan fingerprint density at radius 3 is 3.00 bits per heavy atom. The first kappa shape index (κ1) is 15.4. The van der Waals surface area contributed by atoms with Crippen molar-refractivity contribution in [1.29, 1.82) is 0 Å². The predicted molar refractivity (Wildman–Crippen MR) is 82.9 cm³/mol. The largest absolute Gasteiger partial charge is 0.469 e. The van der Waals surface area contributed by atoms with Gasteiger partial charge in [0.1, 0.15) is 11.8 Å². The minimum atomic E-state index is -0.706. The molecule has 2 aromatic heterocycles. The smallest absolute Gasteiger partial charge is 0.312 e. The normalized spacial score (nSPS) is 22.3. The number of carbonyl (C=O) groups is 1. The number of aryl methyl sites for hydroxylation is 1. The van der Waals surface area contributed by atoms with E-state index in [9.17, 15) is 10.0 Å². The molecule has 0 amide bonds. The van der Waals surface area contributed by atoms with Crippen molar-refractivity contribution in [3.05, 3.63) is 24.8 Å². The van der Waals surface area contributed by atoms with Gasteiger partial charge in [0.2, 0.25) is 0 Å². The summed E-state index contributed by atoms with van der Waals surface area (Å²) < 4.78 is 6.65. The molecule has 3 rings (SSSR count). The van der Waals surface area contributed by atoms with Gasteiger partial charge >= 0.3 is 5.97 Å². The van der Waals surface area contributed by atoms with Gasteiger partial charge < -0.3 is 9.30 Å². The Labute approximate surface area is 133 Å². The number of carbonyl (C=O) groups excluding carboxylic acids is 1. The van der Waals surface area contributed by atoms with Crippen LogP contribution in [0.2, 0.25) is 0 Å². The monoisotopic (exact) mass is 317 g/mol. The number of nitrogens with zero attached hydrogens (tertiary/aromatic N) is 5. The fourth-order valence-electron chi connectivity index (χ4n) is 2.68. The fraction of sp³-hybridized carbons (Fsp3) is 0.467. The van der Waals surface area contributed by atoms with Crippen LogP contribution in [0.15, 0.2) is 24.8 Å². The first-order valence-corrected chi connectivity index (χ1v) is 7.38. The van der Waals surface area contributed by atoms with Gasteiger partial charge in [0.15, 0.2) is 11.5 Å². The van der Waals surface area contributed by atoms with E-state index in [4.69, 9.17) is 4.74 Å². The van der Waals surface area contributed by atoms with Crippen molar-refractivity contribution in [2.45, 2.75) is 32.4 Å². The molecule has 8 nitrogen and oxygen atoms in total. The predicted octanol–water partition coefficient (Wildman–Crippen LogP) is 1.55. The van der Waals surface area contributed by atoms with Crippen LogP contribution in [0.3, 0.4) is 0 Å². The Kier molecular flexibility index (Phi) is 3.77. The van der Waals surface area contributed by atoms with E-state index in [0.717, 1.165) is 5.06 Å². The van der Waals surface area contributed by atoms with Gasteiger partial charge in [-0.15, -0.1) is 0 Å². The summed E-state index contributed by atoms with van der Waals surface area (Å²) in [6, 6.07) is 0. The number of hydroxylamine groups is 1. The lowest BCUT2D eigenvalue weighted by Crippen LogP contribution is -2.43. The van der Waals surface area contributed by atoms with E-state index in [1.54, 1.807) is 19.3 Å². The van der Waals surface area contributed by atoms with Gasteiger partial charge in [-0.1, -0.05) is 12.2 Å². The summed E-state index contributed by atoms with van der Waals surface area (Å²) in [4.78, 5) is 24.1. The maximum atomic E-state index is 11.5. The van der Waals surface area contributed by atoms with Gasteiger partial charge in [0, 0.05) is 6.54 Å². The number of rotatable bonds is 3. The molecule has 2 atom stereocenters. The summed E-state index contributed by atoms with van der Waals surface area (Å²) in [6.07, 6.45) is 7.26. The zero-order chi connectivity index (χ0) is 16.6. The standard InChI is InChI=1S/C15H19N5O3/c1-10(14(21)23-3)4-5-15(2)6-7-19-9-18-12-11(19)13(20(15)22)17-8-16-12/h4-5,8-10,22H,6-7H2,1-3H3/b5-4+/t10-,15?/m1/s1. The first-order chi connectivity index (χ1) is 11.0. The molecular formula is C15H19N5O3. The lowest BCUT2D eigenvalue weighted by atomic mass is 9.95. The molecule has 23 heavy (non-hydrogen) atoms. The van der Waals surface area contributed by atoms with Crippen molar-refractivity contribution in [2.75, 3.05) is 12.2 Å². The van der Waals surface area contributed by atoms with Crippen molar-refractivity contribution in [3.63, 3.8) is 0 Å². The minimum Gasteiger partial charge on any atom is -0.469 e. The highest BCUT2D eigenvalue weighted by molar-refractivity contribution is 5.84. The molecule has 1 unspecified atom stereocenters. The van der Waals surface area contributed by atoms with Gasteiger partial charge in [-0.25, -0.2) is 20.0 Å². The second-order valence-corrected chi connectivity index (χ2v) is 5.90. The highest BCUT2D eigenvalue weighted by atomic mass is 16.5. The third kappa shape index (κ3) is 2.55. The van der Waals surface area contributed by atoms with Gasteiger partial charge in [-0.3, -0.25) is 10.0 Å². The number of methoxy groups -OCH3 is 1. The average molecular weight is 317 g/mol. The van der Waals surface area contributed by atoms with E-state index in [1.165, 1.54) is 13.4 Å². The maximum Gasteiger partial charge on any atom is 0.312 e. The number of hydrogen-bond acceptors (Lipinski definition) is 7. The molecule has 0 bridgehead atoms. The van der Waals surface area contributed by atoms with Crippen molar-refractivity contribution in [2.24, 2.45) is 5.92 Å². The quantitative estimate of drug-likeness (QED) is 0.678. The van der Waals surface area contributed by atoms with E-state index < -0.39 is 5.54 Å². The van der Waals surface area contributed by atoms with Gasteiger partial charge in [0.25, 0.3) is 0 Å². The summed E-state index contributed by atoms with van der Waals surface area (Å²) in [6.45, 7) is 4.29. The van der Waals surface area contributed by atoms with Crippen LogP contribution >= 0.6 is 0 Å². The summed E-state index contributed by atoms with van der Waals surface area (Å²) >= 11 is 0. The Bertz CT molecular complexity index is 772. The van der Waals surface area contributed by atoms with Crippen molar-refractivity contribution >= 4 is 23.0 Å². The van der Waals surface area contributed by atoms with E-state index in [0.29, 0.717) is 29.9 Å². The molecule has 0 aromatic carbocycles. The summed E-state index contributed by atoms with van der Waals surface area (Å²) in [5.74, 6) is -0.301. The Balaban J connectivity index is 1.97. The minimum absolute atomic E-state index is 0.317. The van der Waals surface area contributed by atoms with E-state index in [1.807, 2.05) is 17.6 Å². The Morgan fingerprint density at radius 1 is 1.48 bits per heavy atom. The van der Waals surface area contributed by atoms with Crippen LogP contribution in [0.1, 0.15) is 20.3 Å². The molecular weight excluding hydrogens is 298 g/mol. The van der Waals surface area contributed by atoms with Crippen LogP contribution in [-0.2, 0) is 16.1 Å². The number of esters is 1. The SMILES string of the molecule is COC(=O)[C@H](C)/C=C/C1(C)CCn2cnc3ncnc(c32)N1O. The number of hydrogen-bond donors (Lipinski definition) is 1. The lowest BCUT2D eigenvalue weighted by molar-refractivity contribution is -0.143. The van der Waals surface area contributed by atoms with Crippen LogP contribution in [-0.4, -0.2) is 43.3 Å². The molecule has 3 heterocycles. The van der Waals surface area contributed by atoms with E-state index in [-0.39, 0.29) is 11.9 Å². The van der Waals surface area contributed by atoms with Gasteiger partial charge in [-0.05, 0) is 20.3 Å². The maximum absolute atomic E-state index is 11.5. The van der Waals surface area contributed by atoms with Crippen molar-refractivity contribution in [3.8, 4) is 0 Å². The molecule has 0 aliphatic carbocycles. The average Bonchev–Trinajstić information content (AvgIpc) is 2.95. The van der Waals surface area contributed by atoms with Crippen molar-refractivity contribution < 1.29 is 14.7 Å². The zero-order valence-corrected chi connectivity index (χ0v) is 13.3. The second-order valence-electron chi connectivity index (χ2n) is 5.90. The Hall–Kier alpha value is -2.48. The summed E-state index contributed by atoms with van der Waals surface area (Å²) in [7, 11) is 1.36. The van der Waals surface area contributed by atoms with Crippen LogP contribution in [0, 0.1) is 5.92 Å². The number of aromatic nitrogens is 4. The first-order valence-electron chi connectivity index (χ1n) is 7.38. The fourth-order valence-corrected chi connectivity index (χ4v) is 2.68. The molecule has 0 saturated heterocycles. The summed E-state index contributed by atoms with van der Waals surface area (Å²) in [5, 5.41) is 11.9. The van der Waals surface area contributed by atoms with Crippen LogP contribution < -0.4 is 5.06 Å². The lowest BCUT2D eigenvalue weighted by Gasteiger charge is -2.33. The van der Waals surface area contributed by atoms with Crippen LogP contribution in [0.4, 0.5) is 5.82 Å². The zero-order valence-electron chi connectivity index (χ0n) is 13.3. The molecule has 0 radical (unpaired) electrons. The highest BCUT2D eigenvalue weighted by Crippen LogP contribution is 2.34. The van der Waals surface area contributed by atoms with Crippen LogP contribution in [0.5, 0.6) is 0 Å². The second kappa shape index (κ2) is 5.62. The Morgan fingerprint density at radius 2 is 2.26 bits per heavy atom. The molecule has 0 saturated carbocycles. The molecule has 122 valence electrons. The van der Waals surface area contributed by atoms with Gasteiger partial charge in [0.05, 0.1) is 24.9 Å². The number of anilines is 1. The van der Waals surface area contributed by atoms with E-state index >= 15 is 0 Å². The van der Waals surface area contributed by atoms with Crippen molar-refractivity contribution in [1.82, 2.24) is 19.5 Å². The molecule has 8 heteroatoms. The third-order valence-electron chi connectivity index (χ3n) is 4.25. The molecule has 1 aliphatic rings. The molecule has 0 spiro atoms. The molecule has 1 N–H and O–H groups in total. The molecule has 2 aromatic rings. The molecule has 1 aliphatic heterocycles. The third-order valence-corrected chi connectivity index (χ3v) is 4.25. The number of imidazole rings is 1. The topological polar surface area (TPSA) is 93.4 Å².